The predicted molar refractivity (Wildman–Crippen MR) is 220 cm³/mol. The number of alkyl carbamates (subject to hydrolysis) is 1. The van der Waals surface area contributed by atoms with Crippen molar-refractivity contribution in [1.29, 1.82) is 0 Å². The molecule has 6 atom stereocenters. The number of H-pyrrole nitrogens is 1. The minimum absolute atomic E-state index is 0.0107. The van der Waals surface area contributed by atoms with Crippen molar-refractivity contribution in [3.63, 3.8) is 0 Å². The molecule has 13 heteroatoms. The summed E-state index contributed by atoms with van der Waals surface area (Å²) in [5.74, 6) is 13.1. The molecule has 0 spiro atoms. The third-order valence-corrected chi connectivity index (χ3v) is 12.0. The van der Waals surface area contributed by atoms with Crippen LogP contribution in [0.3, 0.4) is 0 Å². The van der Waals surface area contributed by atoms with Crippen LogP contribution < -0.4 is 5.32 Å². The summed E-state index contributed by atoms with van der Waals surface area (Å²) in [4.78, 5) is 68.9. The van der Waals surface area contributed by atoms with E-state index >= 15 is 0 Å². The van der Waals surface area contributed by atoms with Crippen LogP contribution in [-0.4, -0.2) is 88.7 Å². The largest absolute Gasteiger partial charge is 0.469 e. The van der Waals surface area contributed by atoms with Gasteiger partial charge in [-0.25, -0.2) is 14.8 Å². The number of imidazole rings is 1. The Hall–Kier alpha value is -5.40. The topological polar surface area (TPSA) is 146 Å². The first kappa shape index (κ1) is 41.2. The molecule has 0 bridgehead atoms. The second kappa shape index (κ2) is 17.8. The van der Waals surface area contributed by atoms with Gasteiger partial charge in [0.1, 0.15) is 23.3 Å². The lowest BCUT2D eigenvalue weighted by atomic mass is 9.91. The van der Waals surface area contributed by atoms with Crippen molar-refractivity contribution < 1.29 is 28.7 Å². The standard InChI is InChI=1S/C44H52N6O6S/c1-25(2)34(21-39(51)55-7)42(52)50-24-28(6)18-37(50)41-45-22-32(47-41)12-14-33-20-30-19-29(10-16-38(30)57-33)9-11-31-13-15-35(46-31)36-17-27(5)23-49(36)43(53)40(26(3)4)48-44(54)56-8/h10,13,16,19-20,22,25-28,34,36-37,40H,15,17-18,21,23-24H2,1-8H3,(H,45,47)(H,48,54)/t27-,28-,34-,36-,37-,40-/m0/s1. The number of aromatic amines is 1. The van der Waals surface area contributed by atoms with E-state index in [0.717, 1.165) is 39.1 Å². The Morgan fingerprint density at radius 1 is 0.912 bits per heavy atom. The van der Waals surface area contributed by atoms with E-state index in [1.165, 1.54) is 14.2 Å². The van der Waals surface area contributed by atoms with Gasteiger partial charge < -0.3 is 29.6 Å². The highest BCUT2D eigenvalue weighted by atomic mass is 32.1. The van der Waals surface area contributed by atoms with Gasteiger partial charge in [0, 0.05) is 35.5 Å². The first-order chi connectivity index (χ1) is 27.2. The molecule has 2 fully saturated rings. The number of ether oxygens (including phenoxy) is 2. The average Bonchev–Trinajstić information content (AvgIpc) is 4.03. The molecule has 12 nitrogen and oxygen atoms in total. The van der Waals surface area contributed by atoms with Gasteiger partial charge in [0.05, 0.1) is 49.7 Å². The van der Waals surface area contributed by atoms with E-state index in [1.807, 2.05) is 49.6 Å². The first-order valence-corrected chi connectivity index (χ1v) is 20.5. The fourth-order valence-electron chi connectivity index (χ4n) is 7.87. The van der Waals surface area contributed by atoms with Crippen molar-refractivity contribution in [3.8, 4) is 23.7 Å². The van der Waals surface area contributed by atoms with E-state index in [1.54, 1.807) is 17.5 Å². The van der Waals surface area contributed by atoms with Crippen LogP contribution in [0.2, 0.25) is 0 Å². The first-order valence-electron chi connectivity index (χ1n) is 19.7. The summed E-state index contributed by atoms with van der Waals surface area (Å²) in [5.41, 5.74) is 3.12. The van der Waals surface area contributed by atoms with Crippen molar-refractivity contribution in [1.82, 2.24) is 25.1 Å². The monoisotopic (exact) mass is 792 g/mol. The number of thiophene rings is 1. The SMILES string of the molecule is COC(=O)C[C@H](C(=O)N1C[C@@H](C)C[C@H]1c1ncc(C#Cc2cc3cc(C#CC4=CCC([C@@H]5C[C@H](C)CN5C(=O)[C@@H](NC(=O)OC)C(C)C)=N4)ccc3s2)[nH]1)C(C)C. The van der Waals surface area contributed by atoms with Crippen molar-refractivity contribution >= 4 is 51.0 Å². The quantitative estimate of drug-likeness (QED) is 0.187. The van der Waals surface area contributed by atoms with Gasteiger partial charge in [-0.3, -0.25) is 14.4 Å². The number of likely N-dealkylation sites (tertiary alicyclic amines) is 2. The number of hydrogen-bond acceptors (Lipinski definition) is 9. The van der Waals surface area contributed by atoms with E-state index in [0.29, 0.717) is 48.6 Å². The van der Waals surface area contributed by atoms with E-state index in [9.17, 15) is 19.2 Å². The molecule has 0 radical (unpaired) electrons. The van der Waals surface area contributed by atoms with Gasteiger partial charge in [-0.15, -0.1) is 11.3 Å². The van der Waals surface area contributed by atoms with E-state index in [-0.39, 0.29) is 48.1 Å². The van der Waals surface area contributed by atoms with Crippen molar-refractivity contribution in [2.24, 2.45) is 34.6 Å². The van der Waals surface area contributed by atoms with Crippen LogP contribution in [0.5, 0.6) is 0 Å². The predicted octanol–water partition coefficient (Wildman–Crippen LogP) is 6.47. The second-order valence-electron chi connectivity index (χ2n) is 16.1. The maximum absolute atomic E-state index is 13.7. The molecule has 0 saturated carbocycles. The number of allylic oxidation sites excluding steroid dienone is 2. The van der Waals surface area contributed by atoms with Gasteiger partial charge in [0.25, 0.3) is 0 Å². The number of esters is 1. The molecule has 3 amide bonds. The van der Waals surface area contributed by atoms with Gasteiger partial charge in [0.2, 0.25) is 11.8 Å². The van der Waals surface area contributed by atoms with E-state index < -0.39 is 18.1 Å². The molecule has 0 unspecified atom stereocenters. The van der Waals surface area contributed by atoms with Crippen LogP contribution in [-0.2, 0) is 23.9 Å². The summed E-state index contributed by atoms with van der Waals surface area (Å²) in [6.45, 7) is 13.2. The van der Waals surface area contributed by atoms with Crippen LogP contribution in [0, 0.1) is 53.3 Å². The van der Waals surface area contributed by atoms with Gasteiger partial charge in [0.15, 0.2) is 0 Å². The Kier molecular flexibility index (Phi) is 12.9. The van der Waals surface area contributed by atoms with E-state index in [4.69, 9.17) is 14.5 Å². The van der Waals surface area contributed by atoms with E-state index in [2.05, 4.69) is 71.0 Å². The number of fused-ring (bicyclic) bond motifs is 1. The number of amides is 3. The van der Waals surface area contributed by atoms with Crippen molar-refractivity contribution in [3.05, 3.63) is 64.2 Å². The van der Waals surface area contributed by atoms with Crippen LogP contribution in [0.1, 0.15) is 95.2 Å². The van der Waals surface area contributed by atoms with Crippen molar-refractivity contribution in [2.75, 3.05) is 27.3 Å². The number of nitrogens with one attached hydrogen (secondary N) is 2. The number of hydrogen-bond donors (Lipinski definition) is 2. The molecule has 2 saturated heterocycles. The minimum atomic E-state index is -0.684. The van der Waals surface area contributed by atoms with Crippen molar-refractivity contribution in [2.45, 2.75) is 85.4 Å². The highest BCUT2D eigenvalue weighted by Crippen LogP contribution is 2.37. The molecule has 57 heavy (non-hydrogen) atoms. The van der Waals surface area contributed by atoms with Crippen LogP contribution in [0.15, 0.2) is 47.2 Å². The summed E-state index contributed by atoms with van der Waals surface area (Å²) < 4.78 is 10.7. The molecule has 0 aliphatic carbocycles. The third-order valence-electron chi connectivity index (χ3n) is 11.0. The molecule has 300 valence electrons. The van der Waals surface area contributed by atoms with Gasteiger partial charge >= 0.3 is 12.1 Å². The molecule has 3 aliphatic rings. The van der Waals surface area contributed by atoms with Crippen LogP contribution in [0.25, 0.3) is 10.1 Å². The number of aliphatic imine (C=N–C) groups is 1. The zero-order valence-electron chi connectivity index (χ0n) is 34.0. The summed E-state index contributed by atoms with van der Waals surface area (Å²) in [6, 6.07) is 7.11. The lowest BCUT2D eigenvalue weighted by Crippen LogP contribution is -2.53. The summed E-state index contributed by atoms with van der Waals surface area (Å²) in [5, 5.41) is 3.75. The molecule has 3 aliphatic heterocycles. The minimum Gasteiger partial charge on any atom is -0.469 e. The Balaban J connectivity index is 1.12. The van der Waals surface area contributed by atoms with Gasteiger partial charge in [-0.2, -0.15) is 0 Å². The highest BCUT2D eigenvalue weighted by molar-refractivity contribution is 7.19. The molecular weight excluding hydrogens is 741 g/mol. The molecular formula is C44H52N6O6S. The lowest BCUT2D eigenvalue weighted by Gasteiger charge is -2.30. The number of rotatable bonds is 9. The smallest absolute Gasteiger partial charge is 0.407 e. The molecule has 2 aromatic heterocycles. The Morgan fingerprint density at radius 3 is 2.32 bits per heavy atom. The zero-order chi connectivity index (χ0) is 41.0. The summed E-state index contributed by atoms with van der Waals surface area (Å²) in [7, 11) is 2.64. The number of benzene rings is 1. The molecule has 6 rings (SSSR count). The maximum atomic E-state index is 13.7. The molecule has 3 aromatic rings. The number of nitrogens with zero attached hydrogens (tertiary/aromatic N) is 4. The van der Waals surface area contributed by atoms with Gasteiger partial charge in [-0.05, 0) is 90.0 Å². The molecule has 2 N–H and O–H groups in total. The zero-order valence-corrected chi connectivity index (χ0v) is 34.8. The summed E-state index contributed by atoms with van der Waals surface area (Å²) >= 11 is 1.60. The Morgan fingerprint density at radius 2 is 1.63 bits per heavy atom. The molecule has 1 aromatic carbocycles. The van der Waals surface area contributed by atoms with Crippen LogP contribution >= 0.6 is 11.3 Å². The average molecular weight is 793 g/mol. The van der Waals surface area contributed by atoms with Gasteiger partial charge in [-0.1, -0.05) is 47.5 Å². The number of carbonyl (C=O) groups excluding carboxylic acids is 4. The lowest BCUT2D eigenvalue weighted by molar-refractivity contribution is -0.148. The second-order valence-corrected chi connectivity index (χ2v) is 17.2. The number of aromatic nitrogens is 2. The third kappa shape index (κ3) is 9.60. The maximum Gasteiger partial charge on any atom is 0.407 e. The highest BCUT2D eigenvalue weighted by Gasteiger charge is 2.42. The fourth-order valence-corrected chi connectivity index (χ4v) is 8.77. The Bertz CT molecular complexity index is 2210. The summed E-state index contributed by atoms with van der Waals surface area (Å²) in [6.07, 6.45) is 5.36. The number of carbonyl (C=O) groups is 4. The molecule has 5 heterocycles. The fraction of sp³-hybridized carbons (Fsp3) is 0.500. The Labute approximate surface area is 338 Å². The van der Waals surface area contributed by atoms with Crippen LogP contribution in [0.4, 0.5) is 4.79 Å². The normalized spacial score (nSPS) is 21.4. The number of methoxy groups -OCH3 is 2.